The van der Waals surface area contributed by atoms with Crippen molar-refractivity contribution in [2.75, 3.05) is 28.4 Å². The molecule has 0 fully saturated rings. The summed E-state index contributed by atoms with van der Waals surface area (Å²) in [5, 5.41) is 4.37. The highest BCUT2D eigenvalue weighted by molar-refractivity contribution is 5.91. The van der Waals surface area contributed by atoms with Crippen LogP contribution in [0.1, 0.15) is 11.1 Å². The Morgan fingerprint density at radius 3 is 2.33 bits per heavy atom. The third-order valence-electron chi connectivity index (χ3n) is 4.56. The van der Waals surface area contributed by atoms with Gasteiger partial charge in [-0.3, -0.25) is 4.79 Å². The Labute approximate surface area is 176 Å². The number of aromatic nitrogens is 2. The number of ether oxygens (including phenoxy) is 3. The first-order valence-corrected chi connectivity index (χ1v) is 9.38. The average molecular weight is 407 g/mol. The molecule has 1 amide bonds. The second kappa shape index (κ2) is 9.65. The molecular formula is C23H25N3O4. The Bertz CT molecular complexity index is 1000. The molecule has 0 N–H and O–H groups in total. The minimum Gasteiger partial charge on any atom is -0.493 e. The first kappa shape index (κ1) is 21.0. The van der Waals surface area contributed by atoms with Gasteiger partial charge < -0.3 is 19.1 Å². The summed E-state index contributed by atoms with van der Waals surface area (Å²) in [6, 6.07) is 13.4. The molecule has 156 valence electrons. The standard InChI is InChI=1S/C23H25N3O4/c1-25(15-18-14-24-26(16-18)19-8-6-5-7-9-19)22(27)11-10-17-12-20(28-2)23(30-4)21(13-17)29-3/h5-14,16H,15H2,1-4H3. The summed E-state index contributed by atoms with van der Waals surface area (Å²) in [4.78, 5) is 14.2. The maximum Gasteiger partial charge on any atom is 0.246 e. The monoisotopic (exact) mass is 407 g/mol. The van der Waals surface area contributed by atoms with Crippen LogP contribution in [-0.2, 0) is 11.3 Å². The molecule has 0 bridgehead atoms. The Balaban J connectivity index is 1.69. The molecule has 1 heterocycles. The number of benzene rings is 2. The van der Waals surface area contributed by atoms with E-state index in [2.05, 4.69) is 5.10 Å². The summed E-state index contributed by atoms with van der Waals surface area (Å²) >= 11 is 0. The van der Waals surface area contributed by atoms with Crippen LogP contribution in [0.25, 0.3) is 11.8 Å². The van der Waals surface area contributed by atoms with Crippen molar-refractivity contribution in [1.82, 2.24) is 14.7 Å². The van der Waals surface area contributed by atoms with Crippen molar-refractivity contribution in [2.45, 2.75) is 6.54 Å². The molecule has 3 rings (SSSR count). The Hall–Kier alpha value is -3.74. The van der Waals surface area contributed by atoms with E-state index < -0.39 is 0 Å². The molecule has 0 spiro atoms. The molecule has 0 saturated heterocycles. The molecule has 1 aromatic heterocycles. The third-order valence-corrected chi connectivity index (χ3v) is 4.56. The van der Waals surface area contributed by atoms with E-state index in [0.29, 0.717) is 23.8 Å². The molecule has 0 atom stereocenters. The van der Waals surface area contributed by atoms with Gasteiger partial charge in [-0.1, -0.05) is 18.2 Å². The number of hydrogen-bond donors (Lipinski definition) is 0. The molecule has 0 unspecified atom stereocenters. The van der Waals surface area contributed by atoms with Crippen LogP contribution in [0.3, 0.4) is 0 Å². The molecular weight excluding hydrogens is 382 g/mol. The smallest absolute Gasteiger partial charge is 0.246 e. The Morgan fingerprint density at radius 2 is 1.73 bits per heavy atom. The van der Waals surface area contributed by atoms with Crippen molar-refractivity contribution >= 4 is 12.0 Å². The summed E-state index contributed by atoms with van der Waals surface area (Å²) in [6.07, 6.45) is 6.92. The lowest BCUT2D eigenvalue weighted by Gasteiger charge is -2.14. The van der Waals surface area contributed by atoms with Gasteiger partial charge in [-0.2, -0.15) is 5.10 Å². The fourth-order valence-corrected chi connectivity index (χ4v) is 3.01. The van der Waals surface area contributed by atoms with Crippen LogP contribution >= 0.6 is 0 Å². The lowest BCUT2D eigenvalue weighted by molar-refractivity contribution is -0.125. The number of para-hydroxylation sites is 1. The molecule has 0 aliphatic heterocycles. The van der Waals surface area contributed by atoms with Crippen LogP contribution in [0.15, 0.2) is 60.9 Å². The van der Waals surface area contributed by atoms with Gasteiger partial charge in [0.25, 0.3) is 0 Å². The van der Waals surface area contributed by atoms with E-state index in [0.717, 1.165) is 16.8 Å². The molecule has 3 aromatic rings. The number of likely N-dealkylation sites (N-methyl/N-ethyl adjacent to an activating group) is 1. The molecule has 0 radical (unpaired) electrons. The highest BCUT2D eigenvalue weighted by atomic mass is 16.5. The highest BCUT2D eigenvalue weighted by Crippen LogP contribution is 2.38. The van der Waals surface area contributed by atoms with Gasteiger partial charge in [-0.15, -0.1) is 0 Å². The van der Waals surface area contributed by atoms with Crippen LogP contribution in [0.5, 0.6) is 17.2 Å². The van der Waals surface area contributed by atoms with Crippen molar-refractivity contribution in [3.63, 3.8) is 0 Å². The fraction of sp³-hybridized carbons (Fsp3) is 0.217. The van der Waals surface area contributed by atoms with Gasteiger partial charge in [0, 0.05) is 31.4 Å². The zero-order chi connectivity index (χ0) is 21.5. The van der Waals surface area contributed by atoms with Crippen molar-refractivity contribution in [1.29, 1.82) is 0 Å². The minimum absolute atomic E-state index is 0.129. The minimum atomic E-state index is -0.129. The largest absolute Gasteiger partial charge is 0.493 e. The van der Waals surface area contributed by atoms with Gasteiger partial charge in [0.2, 0.25) is 11.7 Å². The zero-order valence-corrected chi connectivity index (χ0v) is 17.5. The van der Waals surface area contributed by atoms with Crippen LogP contribution in [0, 0.1) is 0 Å². The van der Waals surface area contributed by atoms with E-state index in [1.54, 1.807) is 62.4 Å². The van der Waals surface area contributed by atoms with Crippen LogP contribution < -0.4 is 14.2 Å². The first-order valence-electron chi connectivity index (χ1n) is 9.38. The highest BCUT2D eigenvalue weighted by Gasteiger charge is 2.13. The maximum atomic E-state index is 12.6. The number of carbonyl (C=O) groups is 1. The van der Waals surface area contributed by atoms with E-state index in [-0.39, 0.29) is 5.91 Å². The molecule has 0 aliphatic rings. The van der Waals surface area contributed by atoms with Gasteiger partial charge >= 0.3 is 0 Å². The average Bonchev–Trinajstić information content (AvgIpc) is 3.25. The number of carbonyl (C=O) groups excluding carboxylic acids is 1. The van der Waals surface area contributed by atoms with Gasteiger partial charge in [-0.25, -0.2) is 4.68 Å². The van der Waals surface area contributed by atoms with Crippen molar-refractivity contribution in [2.24, 2.45) is 0 Å². The number of rotatable bonds is 8. The number of methoxy groups -OCH3 is 3. The van der Waals surface area contributed by atoms with E-state index in [1.165, 1.54) is 6.08 Å². The fourth-order valence-electron chi connectivity index (χ4n) is 3.01. The second-order valence-electron chi connectivity index (χ2n) is 6.62. The van der Waals surface area contributed by atoms with Gasteiger partial charge in [-0.05, 0) is 35.9 Å². The van der Waals surface area contributed by atoms with Crippen molar-refractivity contribution in [3.8, 4) is 22.9 Å². The van der Waals surface area contributed by atoms with Gasteiger partial charge in [0.15, 0.2) is 11.5 Å². The summed E-state index contributed by atoms with van der Waals surface area (Å²) in [5.41, 5.74) is 2.68. The van der Waals surface area contributed by atoms with Crippen LogP contribution in [0.4, 0.5) is 0 Å². The predicted molar refractivity (Wildman–Crippen MR) is 115 cm³/mol. The van der Waals surface area contributed by atoms with E-state index in [4.69, 9.17) is 14.2 Å². The summed E-state index contributed by atoms with van der Waals surface area (Å²) in [5.74, 6) is 1.45. The Kier molecular flexibility index (Phi) is 6.75. The molecule has 30 heavy (non-hydrogen) atoms. The van der Waals surface area contributed by atoms with E-state index in [1.807, 2.05) is 36.5 Å². The van der Waals surface area contributed by atoms with Crippen molar-refractivity contribution in [3.05, 3.63) is 72.1 Å². The van der Waals surface area contributed by atoms with Gasteiger partial charge in [0.05, 0.1) is 33.2 Å². The van der Waals surface area contributed by atoms with E-state index >= 15 is 0 Å². The van der Waals surface area contributed by atoms with Crippen LogP contribution in [0.2, 0.25) is 0 Å². The zero-order valence-electron chi connectivity index (χ0n) is 17.5. The SMILES string of the molecule is COc1cc(C=CC(=O)N(C)Cc2cnn(-c3ccccc3)c2)cc(OC)c1OC. The lowest BCUT2D eigenvalue weighted by Crippen LogP contribution is -2.23. The molecule has 7 nitrogen and oxygen atoms in total. The summed E-state index contributed by atoms with van der Waals surface area (Å²) in [6.45, 7) is 0.450. The molecule has 2 aromatic carbocycles. The first-order chi connectivity index (χ1) is 14.5. The number of amides is 1. The number of hydrogen-bond acceptors (Lipinski definition) is 5. The van der Waals surface area contributed by atoms with Crippen LogP contribution in [-0.4, -0.2) is 49.0 Å². The predicted octanol–water partition coefficient (Wildman–Crippen LogP) is 3.57. The second-order valence-corrected chi connectivity index (χ2v) is 6.62. The normalized spacial score (nSPS) is 10.8. The molecule has 0 saturated carbocycles. The summed E-state index contributed by atoms with van der Waals surface area (Å²) in [7, 11) is 6.41. The van der Waals surface area contributed by atoms with Gasteiger partial charge in [0.1, 0.15) is 0 Å². The van der Waals surface area contributed by atoms with Crippen molar-refractivity contribution < 1.29 is 19.0 Å². The summed E-state index contributed by atoms with van der Waals surface area (Å²) < 4.78 is 17.8. The number of nitrogens with zero attached hydrogens (tertiary/aromatic N) is 3. The lowest BCUT2D eigenvalue weighted by atomic mass is 10.1. The quantitative estimate of drug-likeness (QED) is 0.534. The Morgan fingerprint density at radius 1 is 1.07 bits per heavy atom. The van der Waals surface area contributed by atoms with E-state index in [9.17, 15) is 4.79 Å². The molecule has 7 heteroatoms. The maximum absolute atomic E-state index is 12.6. The third kappa shape index (κ3) is 4.81. The molecule has 0 aliphatic carbocycles. The topological polar surface area (TPSA) is 65.8 Å².